The Kier molecular flexibility index (Phi) is 5.51. The Morgan fingerprint density at radius 2 is 2.00 bits per heavy atom. The maximum absolute atomic E-state index is 11.8. The summed E-state index contributed by atoms with van der Waals surface area (Å²) in [6, 6.07) is 0. The fourth-order valence-electron chi connectivity index (χ4n) is 1.73. The number of hydrogen-bond donors (Lipinski definition) is 0. The Bertz CT molecular complexity index is 198. The monoisotopic (exact) mass is 229 g/mol. The third kappa shape index (κ3) is 4.92. The van der Waals surface area contributed by atoms with Gasteiger partial charge in [-0.15, -0.1) is 0 Å². The number of thioether (sulfide) groups is 1. The van der Waals surface area contributed by atoms with Crippen LogP contribution in [0.1, 0.15) is 33.6 Å². The number of carbonyl (C=O) groups excluding carboxylic acids is 1. The van der Waals surface area contributed by atoms with Crippen LogP contribution in [-0.2, 0) is 4.79 Å². The van der Waals surface area contributed by atoms with Gasteiger partial charge in [0.1, 0.15) is 0 Å². The van der Waals surface area contributed by atoms with Crippen LogP contribution in [0.5, 0.6) is 0 Å². The largest absolute Gasteiger partial charge is 0.342 e. The number of likely N-dealkylation sites (tertiary alicyclic amines) is 1. The van der Waals surface area contributed by atoms with Crippen molar-refractivity contribution in [3.63, 3.8) is 0 Å². The lowest BCUT2D eigenvalue weighted by Gasteiger charge is -2.30. The lowest BCUT2D eigenvalue weighted by atomic mass is 9.99. The van der Waals surface area contributed by atoms with Crippen LogP contribution in [0.15, 0.2) is 0 Å². The quantitative estimate of drug-likeness (QED) is 0.738. The molecule has 0 bridgehead atoms. The van der Waals surface area contributed by atoms with E-state index < -0.39 is 0 Å². The lowest BCUT2D eigenvalue weighted by Crippen LogP contribution is -2.39. The molecule has 0 aromatic carbocycles. The Morgan fingerprint density at radius 1 is 1.40 bits per heavy atom. The fraction of sp³-hybridized carbons (Fsp3) is 0.917. The summed E-state index contributed by atoms with van der Waals surface area (Å²) in [6.07, 6.45) is 2.36. The van der Waals surface area contributed by atoms with Crippen LogP contribution in [0.25, 0.3) is 0 Å². The summed E-state index contributed by atoms with van der Waals surface area (Å²) < 4.78 is 0. The first-order valence-corrected chi connectivity index (χ1v) is 7.10. The molecule has 0 radical (unpaired) electrons. The van der Waals surface area contributed by atoms with E-state index in [0.29, 0.717) is 17.6 Å². The van der Waals surface area contributed by atoms with Gasteiger partial charge in [0.25, 0.3) is 0 Å². The van der Waals surface area contributed by atoms with Gasteiger partial charge in [0.05, 0.1) is 5.75 Å². The lowest BCUT2D eigenvalue weighted by molar-refractivity contribution is -0.129. The van der Waals surface area contributed by atoms with Crippen LogP contribution in [0.2, 0.25) is 0 Å². The molecule has 1 aliphatic heterocycles. The number of carbonyl (C=O) groups is 1. The van der Waals surface area contributed by atoms with Gasteiger partial charge in [0, 0.05) is 13.1 Å². The van der Waals surface area contributed by atoms with Gasteiger partial charge in [0.15, 0.2) is 0 Å². The van der Waals surface area contributed by atoms with E-state index in [1.807, 2.05) is 4.90 Å². The van der Waals surface area contributed by atoms with Crippen molar-refractivity contribution in [3.05, 3.63) is 0 Å². The molecule has 15 heavy (non-hydrogen) atoms. The molecule has 3 heteroatoms. The molecule has 1 amide bonds. The molecule has 2 nitrogen and oxygen atoms in total. The molecule has 88 valence electrons. The van der Waals surface area contributed by atoms with Crippen LogP contribution in [0, 0.1) is 11.8 Å². The van der Waals surface area contributed by atoms with Gasteiger partial charge in [-0.05, 0) is 30.4 Å². The van der Waals surface area contributed by atoms with Crippen molar-refractivity contribution >= 4 is 17.7 Å². The van der Waals surface area contributed by atoms with Crippen molar-refractivity contribution in [2.24, 2.45) is 11.8 Å². The summed E-state index contributed by atoms with van der Waals surface area (Å²) in [7, 11) is 0. The molecule has 0 unspecified atom stereocenters. The summed E-state index contributed by atoms with van der Waals surface area (Å²) in [4.78, 5) is 13.8. The summed E-state index contributed by atoms with van der Waals surface area (Å²) in [5.41, 5.74) is 0. The molecule has 0 saturated carbocycles. The van der Waals surface area contributed by atoms with E-state index in [0.717, 1.165) is 24.8 Å². The van der Waals surface area contributed by atoms with Crippen molar-refractivity contribution in [3.8, 4) is 0 Å². The summed E-state index contributed by atoms with van der Waals surface area (Å²) in [5.74, 6) is 3.59. The van der Waals surface area contributed by atoms with Gasteiger partial charge in [-0.2, -0.15) is 11.8 Å². The van der Waals surface area contributed by atoms with Crippen molar-refractivity contribution in [1.29, 1.82) is 0 Å². The second kappa shape index (κ2) is 6.41. The zero-order valence-electron chi connectivity index (χ0n) is 10.2. The van der Waals surface area contributed by atoms with E-state index in [1.54, 1.807) is 11.8 Å². The molecule has 0 aliphatic carbocycles. The molecule has 0 spiro atoms. The fourth-order valence-corrected chi connectivity index (χ4v) is 2.68. The molecule has 1 fully saturated rings. The molecule has 0 aromatic rings. The molecule has 0 N–H and O–H groups in total. The molecular formula is C12H23NOS. The van der Waals surface area contributed by atoms with Crippen molar-refractivity contribution in [1.82, 2.24) is 4.90 Å². The number of rotatable bonds is 4. The molecule has 0 atom stereocenters. The van der Waals surface area contributed by atoms with Crippen LogP contribution >= 0.6 is 11.8 Å². The summed E-state index contributed by atoms with van der Waals surface area (Å²) in [6.45, 7) is 8.61. The zero-order valence-corrected chi connectivity index (χ0v) is 11.0. The topological polar surface area (TPSA) is 20.3 Å². The number of amides is 1. The Hall–Kier alpha value is -0.180. The molecule has 1 aliphatic rings. The maximum Gasteiger partial charge on any atom is 0.232 e. The minimum absolute atomic E-state index is 0.340. The highest BCUT2D eigenvalue weighted by molar-refractivity contribution is 7.99. The molecule has 1 heterocycles. The number of hydrogen-bond acceptors (Lipinski definition) is 2. The first-order valence-electron chi connectivity index (χ1n) is 5.95. The highest BCUT2D eigenvalue weighted by Crippen LogP contribution is 2.17. The SMILES string of the molecule is CC(C)CSCC(=O)N1CCC(C)CC1. The second-order valence-electron chi connectivity index (χ2n) is 4.97. The van der Waals surface area contributed by atoms with Gasteiger partial charge in [-0.25, -0.2) is 0 Å². The van der Waals surface area contributed by atoms with E-state index >= 15 is 0 Å². The van der Waals surface area contributed by atoms with Crippen LogP contribution in [-0.4, -0.2) is 35.4 Å². The average molecular weight is 229 g/mol. The predicted molar refractivity (Wildman–Crippen MR) is 67.1 cm³/mol. The third-order valence-corrected chi connectivity index (χ3v) is 4.17. The van der Waals surface area contributed by atoms with Crippen molar-refractivity contribution in [2.75, 3.05) is 24.6 Å². The van der Waals surface area contributed by atoms with E-state index in [-0.39, 0.29) is 0 Å². The van der Waals surface area contributed by atoms with Gasteiger partial charge in [-0.1, -0.05) is 20.8 Å². The van der Waals surface area contributed by atoms with Crippen LogP contribution in [0.3, 0.4) is 0 Å². The van der Waals surface area contributed by atoms with E-state index in [4.69, 9.17) is 0 Å². The van der Waals surface area contributed by atoms with Crippen molar-refractivity contribution < 1.29 is 4.79 Å². The summed E-state index contributed by atoms with van der Waals surface area (Å²) >= 11 is 1.77. The zero-order chi connectivity index (χ0) is 11.3. The van der Waals surface area contributed by atoms with Gasteiger partial charge < -0.3 is 4.90 Å². The first-order chi connectivity index (χ1) is 7.09. The molecule has 1 rings (SSSR count). The smallest absolute Gasteiger partial charge is 0.232 e. The van der Waals surface area contributed by atoms with Crippen LogP contribution in [0.4, 0.5) is 0 Å². The highest BCUT2D eigenvalue weighted by atomic mass is 32.2. The number of piperidine rings is 1. The van der Waals surface area contributed by atoms with E-state index in [9.17, 15) is 4.79 Å². The van der Waals surface area contributed by atoms with E-state index in [1.165, 1.54) is 12.8 Å². The average Bonchev–Trinajstić information content (AvgIpc) is 2.18. The minimum atomic E-state index is 0.340. The van der Waals surface area contributed by atoms with Gasteiger partial charge >= 0.3 is 0 Å². The molecular weight excluding hydrogens is 206 g/mol. The summed E-state index contributed by atoms with van der Waals surface area (Å²) in [5, 5.41) is 0. The first kappa shape index (κ1) is 12.9. The predicted octanol–water partition coefficient (Wildman–Crippen LogP) is 2.63. The number of nitrogens with zero attached hydrogens (tertiary/aromatic N) is 1. The van der Waals surface area contributed by atoms with Gasteiger partial charge in [-0.3, -0.25) is 4.79 Å². The van der Waals surface area contributed by atoms with Gasteiger partial charge in [0.2, 0.25) is 5.91 Å². The molecule has 1 saturated heterocycles. The second-order valence-corrected chi connectivity index (χ2v) is 6.00. The van der Waals surface area contributed by atoms with Crippen LogP contribution < -0.4 is 0 Å². The van der Waals surface area contributed by atoms with E-state index in [2.05, 4.69) is 20.8 Å². The Morgan fingerprint density at radius 3 is 2.53 bits per heavy atom. The van der Waals surface area contributed by atoms with Crippen molar-refractivity contribution in [2.45, 2.75) is 33.6 Å². The standard InChI is InChI=1S/C12H23NOS/c1-10(2)8-15-9-12(14)13-6-4-11(3)5-7-13/h10-11H,4-9H2,1-3H3. The Labute approximate surface area is 97.8 Å². The maximum atomic E-state index is 11.8. The minimum Gasteiger partial charge on any atom is -0.342 e. The highest BCUT2D eigenvalue weighted by Gasteiger charge is 2.19. The Balaban J connectivity index is 2.17. The third-order valence-electron chi connectivity index (χ3n) is 2.81. The normalized spacial score (nSPS) is 18.5. The molecule has 0 aromatic heterocycles.